The molecule has 21 heavy (non-hydrogen) atoms. The first-order valence-electron chi connectivity index (χ1n) is 6.96. The lowest BCUT2D eigenvalue weighted by Crippen LogP contribution is -2.25. The molecule has 0 radical (unpaired) electrons. The van der Waals surface area contributed by atoms with Gasteiger partial charge in [-0.3, -0.25) is 0 Å². The van der Waals surface area contributed by atoms with Crippen molar-refractivity contribution in [3.05, 3.63) is 59.9 Å². The summed E-state index contributed by atoms with van der Waals surface area (Å²) >= 11 is 1.47. The zero-order valence-electron chi connectivity index (χ0n) is 12.3. The van der Waals surface area contributed by atoms with Crippen LogP contribution in [0.1, 0.15) is 24.2 Å². The molecule has 0 aromatic heterocycles. The van der Waals surface area contributed by atoms with Crippen LogP contribution in [0.2, 0.25) is 0 Å². The molecule has 2 atom stereocenters. The fraction of sp³-hybridized carbons (Fsp3) is 0.294. The third kappa shape index (κ3) is 3.99. The molecule has 2 N–H and O–H groups in total. The first kappa shape index (κ1) is 15.9. The highest BCUT2D eigenvalue weighted by atomic mass is 32.2. The van der Waals surface area contributed by atoms with E-state index in [9.17, 15) is 4.39 Å². The largest absolute Gasteiger partial charge is 0.497 e. The lowest BCUT2D eigenvalue weighted by Gasteiger charge is -2.23. The van der Waals surface area contributed by atoms with Crippen LogP contribution in [0.5, 0.6) is 5.75 Å². The highest BCUT2D eigenvalue weighted by Gasteiger charge is 2.21. The van der Waals surface area contributed by atoms with E-state index in [1.807, 2.05) is 37.3 Å². The van der Waals surface area contributed by atoms with Gasteiger partial charge in [0.15, 0.2) is 0 Å². The summed E-state index contributed by atoms with van der Waals surface area (Å²) in [6.07, 6.45) is 0.831. The van der Waals surface area contributed by atoms with Gasteiger partial charge in [-0.05, 0) is 36.2 Å². The van der Waals surface area contributed by atoms with E-state index in [2.05, 4.69) is 0 Å². The average Bonchev–Trinajstić information content (AvgIpc) is 2.53. The Labute approximate surface area is 129 Å². The molecular formula is C17H20FNOS. The quantitative estimate of drug-likeness (QED) is 0.803. The third-order valence-corrected chi connectivity index (χ3v) is 4.86. The molecule has 0 bridgehead atoms. The van der Waals surface area contributed by atoms with Gasteiger partial charge in [0.05, 0.1) is 7.11 Å². The molecule has 0 spiro atoms. The zero-order valence-corrected chi connectivity index (χ0v) is 13.1. The molecule has 0 heterocycles. The Bertz CT molecular complexity index is 573. The lowest BCUT2D eigenvalue weighted by molar-refractivity contribution is 0.414. The number of halogens is 1. The summed E-state index contributed by atoms with van der Waals surface area (Å²) in [5.74, 6) is 0.600. The summed E-state index contributed by atoms with van der Waals surface area (Å²) in [4.78, 5) is 0.627. The number of benzene rings is 2. The van der Waals surface area contributed by atoms with Crippen molar-refractivity contribution in [1.29, 1.82) is 0 Å². The van der Waals surface area contributed by atoms with Crippen molar-refractivity contribution in [2.45, 2.75) is 29.5 Å². The summed E-state index contributed by atoms with van der Waals surface area (Å²) in [7, 11) is 1.64. The maximum Gasteiger partial charge on any atom is 0.136 e. The van der Waals surface area contributed by atoms with Crippen molar-refractivity contribution >= 4 is 11.8 Å². The Balaban J connectivity index is 2.27. The molecule has 4 heteroatoms. The van der Waals surface area contributed by atoms with Crippen molar-refractivity contribution in [2.75, 3.05) is 7.11 Å². The summed E-state index contributed by atoms with van der Waals surface area (Å²) in [5, 5.41) is 0.0119. The van der Waals surface area contributed by atoms with Crippen LogP contribution in [0.3, 0.4) is 0 Å². The van der Waals surface area contributed by atoms with Gasteiger partial charge >= 0.3 is 0 Å². The van der Waals surface area contributed by atoms with Gasteiger partial charge in [-0.15, -0.1) is 11.8 Å². The smallest absolute Gasteiger partial charge is 0.136 e. The first-order chi connectivity index (χ1) is 10.2. The summed E-state index contributed by atoms with van der Waals surface area (Å²) in [6, 6.07) is 14.6. The average molecular weight is 305 g/mol. The van der Waals surface area contributed by atoms with E-state index in [4.69, 9.17) is 10.5 Å². The molecule has 2 aromatic rings. The first-order valence-corrected chi connectivity index (χ1v) is 7.84. The van der Waals surface area contributed by atoms with Crippen molar-refractivity contribution < 1.29 is 9.13 Å². The Morgan fingerprint density at radius 2 is 1.81 bits per heavy atom. The van der Waals surface area contributed by atoms with E-state index in [-0.39, 0.29) is 17.1 Å². The number of thioether (sulfide) groups is 1. The van der Waals surface area contributed by atoms with Crippen LogP contribution in [0, 0.1) is 5.82 Å². The van der Waals surface area contributed by atoms with Gasteiger partial charge in [-0.1, -0.05) is 31.2 Å². The van der Waals surface area contributed by atoms with E-state index in [0.717, 1.165) is 17.7 Å². The van der Waals surface area contributed by atoms with E-state index >= 15 is 0 Å². The fourth-order valence-corrected chi connectivity index (χ4v) is 3.36. The third-order valence-electron chi connectivity index (χ3n) is 3.40. The standard InChI is InChI=1S/C17H20FNOS/c1-3-15(19)17(12-8-10-13(20-2)11-9-12)21-16-7-5-4-6-14(16)18/h4-11,15,17H,3,19H2,1-2H3. The van der Waals surface area contributed by atoms with Crippen LogP contribution in [-0.4, -0.2) is 13.2 Å². The maximum absolute atomic E-state index is 13.9. The Morgan fingerprint density at radius 1 is 1.14 bits per heavy atom. The fourth-order valence-electron chi connectivity index (χ4n) is 2.09. The van der Waals surface area contributed by atoms with Gasteiger partial charge in [0.25, 0.3) is 0 Å². The second kappa shape index (κ2) is 7.48. The normalized spacial score (nSPS) is 13.7. The minimum atomic E-state index is -0.204. The van der Waals surface area contributed by atoms with Crippen LogP contribution < -0.4 is 10.5 Å². The Hall–Kier alpha value is -1.52. The van der Waals surface area contributed by atoms with Crippen molar-refractivity contribution in [3.63, 3.8) is 0 Å². The highest BCUT2D eigenvalue weighted by Crippen LogP contribution is 2.39. The zero-order chi connectivity index (χ0) is 15.2. The number of rotatable bonds is 6. The van der Waals surface area contributed by atoms with Crippen molar-refractivity contribution in [3.8, 4) is 5.75 Å². The van der Waals surface area contributed by atoms with Crippen LogP contribution in [0.4, 0.5) is 4.39 Å². The molecule has 0 amide bonds. The number of nitrogens with two attached hydrogens (primary N) is 1. The summed E-state index contributed by atoms with van der Waals surface area (Å²) < 4.78 is 19.0. The molecule has 0 aliphatic rings. The minimum Gasteiger partial charge on any atom is -0.497 e. The van der Waals surface area contributed by atoms with Crippen LogP contribution in [0.25, 0.3) is 0 Å². The predicted molar refractivity (Wildman–Crippen MR) is 86.3 cm³/mol. The minimum absolute atomic E-state index is 0.0119. The molecule has 0 saturated carbocycles. The Kier molecular flexibility index (Phi) is 5.65. The van der Waals surface area contributed by atoms with E-state index in [0.29, 0.717) is 4.90 Å². The molecule has 2 aromatic carbocycles. The number of hydrogen-bond donors (Lipinski definition) is 1. The summed E-state index contributed by atoms with van der Waals surface area (Å²) in [5.41, 5.74) is 7.33. The Morgan fingerprint density at radius 3 is 2.38 bits per heavy atom. The molecular weight excluding hydrogens is 285 g/mol. The predicted octanol–water partition coefficient (Wildman–Crippen LogP) is 4.41. The molecule has 2 rings (SSSR count). The van der Waals surface area contributed by atoms with Gasteiger partial charge in [-0.25, -0.2) is 4.39 Å². The lowest BCUT2D eigenvalue weighted by atomic mass is 10.0. The highest BCUT2D eigenvalue weighted by molar-refractivity contribution is 7.99. The molecule has 2 nitrogen and oxygen atoms in total. The van der Waals surface area contributed by atoms with Crippen molar-refractivity contribution in [1.82, 2.24) is 0 Å². The second-order valence-corrected chi connectivity index (χ2v) is 6.00. The molecule has 2 unspecified atom stereocenters. The van der Waals surface area contributed by atoms with E-state index in [1.165, 1.54) is 17.8 Å². The SMILES string of the molecule is CCC(N)C(Sc1ccccc1F)c1ccc(OC)cc1. The van der Waals surface area contributed by atoms with Gasteiger partial charge in [0.2, 0.25) is 0 Å². The van der Waals surface area contributed by atoms with Crippen molar-refractivity contribution in [2.24, 2.45) is 5.73 Å². The topological polar surface area (TPSA) is 35.2 Å². The molecule has 112 valence electrons. The second-order valence-electron chi connectivity index (χ2n) is 4.81. The molecule has 0 saturated heterocycles. The number of hydrogen-bond acceptors (Lipinski definition) is 3. The molecule has 0 aliphatic heterocycles. The van der Waals surface area contributed by atoms with E-state index in [1.54, 1.807) is 19.2 Å². The van der Waals surface area contributed by atoms with Gasteiger partial charge in [-0.2, -0.15) is 0 Å². The van der Waals surface area contributed by atoms with Gasteiger partial charge < -0.3 is 10.5 Å². The maximum atomic E-state index is 13.9. The number of methoxy groups -OCH3 is 1. The molecule has 0 aliphatic carbocycles. The van der Waals surface area contributed by atoms with Crippen LogP contribution in [-0.2, 0) is 0 Å². The number of ether oxygens (including phenoxy) is 1. The van der Waals surface area contributed by atoms with Crippen LogP contribution in [0.15, 0.2) is 53.4 Å². The van der Waals surface area contributed by atoms with Gasteiger partial charge in [0.1, 0.15) is 11.6 Å². The molecule has 0 fully saturated rings. The summed E-state index contributed by atoms with van der Waals surface area (Å²) in [6.45, 7) is 2.04. The monoisotopic (exact) mass is 305 g/mol. The van der Waals surface area contributed by atoms with E-state index < -0.39 is 0 Å². The van der Waals surface area contributed by atoms with Crippen LogP contribution >= 0.6 is 11.8 Å². The van der Waals surface area contributed by atoms with Gasteiger partial charge in [0, 0.05) is 16.2 Å².